The number of amides is 3. The normalized spacial score (nSPS) is 28.0. The van der Waals surface area contributed by atoms with Crippen molar-refractivity contribution >= 4 is 17.7 Å². The largest absolute Gasteiger partial charge is 0.347 e. The lowest BCUT2D eigenvalue weighted by atomic mass is 9.85. The van der Waals surface area contributed by atoms with E-state index in [4.69, 9.17) is 0 Å². The molecule has 1 aromatic rings. The first-order chi connectivity index (χ1) is 14.3. The molecule has 5 heteroatoms. The molecule has 0 aromatic heterocycles. The molecule has 1 aliphatic heterocycles. The summed E-state index contributed by atoms with van der Waals surface area (Å²) in [5.41, 5.74) is 2.33. The number of carbonyl (C=O) groups is 3. The van der Waals surface area contributed by atoms with Crippen molar-refractivity contribution in [1.82, 2.24) is 10.2 Å². The Morgan fingerprint density at radius 1 is 1.00 bits per heavy atom. The Morgan fingerprint density at radius 3 is 2.07 bits per heavy atom. The SMILES string of the molecule is CC(C)Cc1ccc(C(NC(=O)CN2C(=O)C3C4C=CC(C4)C3C2=O)C(C)C)cc1. The number of hydrogen-bond acceptors (Lipinski definition) is 3. The van der Waals surface area contributed by atoms with Gasteiger partial charge in [-0.2, -0.15) is 0 Å². The van der Waals surface area contributed by atoms with Crippen molar-refractivity contribution in [3.63, 3.8) is 0 Å². The van der Waals surface area contributed by atoms with E-state index in [1.54, 1.807) is 0 Å². The summed E-state index contributed by atoms with van der Waals surface area (Å²) in [6, 6.07) is 8.23. The molecule has 2 bridgehead atoms. The Labute approximate surface area is 178 Å². The van der Waals surface area contributed by atoms with Gasteiger partial charge in [-0.25, -0.2) is 0 Å². The highest BCUT2D eigenvalue weighted by Gasteiger charge is 2.59. The minimum absolute atomic E-state index is 0.157. The molecule has 5 unspecified atom stereocenters. The van der Waals surface area contributed by atoms with Gasteiger partial charge in [0.2, 0.25) is 17.7 Å². The van der Waals surface area contributed by atoms with E-state index in [-0.39, 0.29) is 59.9 Å². The molecule has 30 heavy (non-hydrogen) atoms. The number of imide groups is 1. The first-order valence-corrected chi connectivity index (χ1v) is 11.2. The molecule has 1 saturated heterocycles. The van der Waals surface area contributed by atoms with Gasteiger partial charge >= 0.3 is 0 Å². The first kappa shape index (κ1) is 20.8. The number of allylic oxidation sites excluding steroid dienone is 2. The molecule has 3 amide bonds. The van der Waals surface area contributed by atoms with Crippen LogP contribution in [0.25, 0.3) is 0 Å². The average molecular weight is 409 g/mol. The molecule has 0 radical (unpaired) electrons. The van der Waals surface area contributed by atoms with E-state index < -0.39 is 0 Å². The molecule has 160 valence electrons. The fourth-order valence-corrected chi connectivity index (χ4v) is 5.45. The van der Waals surface area contributed by atoms with Gasteiger partial charge in [-0.1, -0.05) is 64.1 Å². The number of rotatable bonds is 7. The van der Waals surface area contributed by atoms with Gasteiger partial charge in [0.05, 0.1) is 17.9 Å². The van der Waals surface area contributed by atoms with Gasteiger partial charge < -0.3 is 5.32 Å². The molecular formula is C25H32N2O3. The van der Waals surface area contributed by atoms with Crippen molar-refractivity contribution in [2.75, 3.05) is 6.54 Å². The number of fused-ring (bicyclic) bond motifs is 5. The lowest BCUT2D eigenvalue weighted by Gasteiger charge is -2.25. The lowest BCUT2D eigenvalue weighted by Crippen LogP contribution is -2.43. The van der Waals surface area contributed by atoms with Crippen LogP contribution in [0.2, 0.25) is 0 Å². The van der Waals surface area contributed by atoms with Gasteiger partial charge in [0.15, 0.2) is 0 Å². The molecule has 5 nitrogen and oxygen atoms in total. The molecular weight excluding hydrogens is 376 g/mol. The summed E-state index contributed by atoms with van der Waals surface area (Å²) in [5.74, 6) is -0.0145. The highest BCUT2D eigenvalue weighted by molar-refractivity contribution is 6.08. The van der Waals surface area contributed by atoms with Crippen LogP contribution in [0.1, 0.15) is 51.3 Å². The van der Waals surface area contributed by atoms with Gasteiger partial charge in [-0.05, 0) is 47.6 Å². The number of carbonyl (C=O) groups excluding carboxylic acids is 3. The number of benzene rings is 1. The van der Waals surface area contributed by atoms with Crippen LogP contribution in [-0.4, -0.2) is 29.2 Å². The highest BCUT2D eigenvalue weighted by Crippen LogP contribution is 2.52. The number of likely N-dealkylation sites (tertiary alicyclic amines) is 1. The maximum Gasteiger partial charge on any atom is 0.240 e. The average Bonchev–Trinajstić information content (AvgIpc) is 3.36. The third kappa shape index (κ3) is 3.70. The van der Waals surface area contributed by atoms with E-state index in [2.05, 4.69) is 69.4 Å². The fraction of sp³-hybridized carbons (Fsp3) is 0.560. The predicted molar refractivity (Wildman–Crippen MR) is 115 cm³/mol. The third-order valence-corrected chi connectivity index (χ3v) is 6.83. The zero-order valence-electron chi connectivity index (χ0n) is 18.3. The van der Waals surface area contributed by atoms with E-state index in [9.17, 15) is 14.4 Å². The smallest absolute Gasteiger partial charge is 0.240 e. The zero-order chi connectivity index (χ0) is 21.6. The van der Waals surface area contributed by atoms with Crippen molar-refractivity contribution in [2.24, 2.45) is 35.5 Å². The molecule has 5 atom stereocenters. The highest BCUT2D eigenvalue weighted by atomic mass is 16.2. The van der Waals surface area contributed by atoms with Crippen LogP contribution in [0.5, 0.6) is 0 Å². The summed E-state index contributed by atoms with van der Waals surface area (Å²) in [6.07, 6.45) is 6.06. The Bertz CT molecular complexity index is 841. The van der Waals surface area contributed by atoms with Crippen molar-refractivity contribution in [1.29, 1.82) is 0 Å². The Balaban J connectivity index is 1.42. The monoisotopic (exact) mass is 408 g/mol. The molecule has 1 saturated carbocycles. The molecule has 1 aromatic carbocycles. The minimum atomic E-state index is -0.276. The Kier molecular flexibility index (Phi) is 5.56. The van der Waals surface area contributed by atoms with Crippen LogP contribution in [0.15, 0.2) is 36.4 Å². The summed E-state index contributed by atoms with van der Waals surface area (Å²) < 4.78 is 0. The van der Waals surface area contributed by atoms with Gasteiger partial charge in [0.1, 0.15) is 6.54 Å². The van der Waals surface area contributed by atoms with Crippen LogP contribution in [0.3, 0.4) is 0 Å². The second-order valence-corrected chi connectivity index (χ2v) is 9.89. The van der Waals surface area contributed by atoms with Crippen LogP contribution in [-0.2, 0) is 20.8 Å². The Hall–Kier alpha value is -2.43. The van der Waals surface area contributed by atoms with Crippen molar-refractivity contribution < 1.29 is 14.4 Å². The quantitative estimate of drug-likeness (QED) is 0.555. The van der Waals surface area contributed by atoms with E-state index in [1.807, 2.05) is 0 Å². The maximum atomic E-state index is 12.8. The maximum absolute atomic E-state index is 12.8. The second kappa shape index (κ2) is 8.01. The van der Waals surface area contributed by atoms with Gasteiger partial charge in [-0.15, -0.1) is 0 Å². The summed E-state index contributed by atoms with van der Waals surface area (Å²) >= 11 is 0. The van der Waals surface area contributed by atoms with E-state index in [0.29, 0.717) is 5.92 Å². The van der Waals surface area contributed by atoms with Crippen LogP contribution < -0.4 is 5.32 Å². The lowest BCUT2D eigenvalue weighted by molar-refractivity contribution is -0.144. The summed E-state index contributed by atoms with van der Waals surface area (Å²) in [6.45, 7) is 8.34. The predicted octanol–water partition coefficient (Wildman–Crippen LogP) is 3.51. The molecule has 1 N–H and O–H groups in total. The Morgan fingerprint density at radius 2 is 1.57 bits per heavy atom. The van der Waals surface area contributed by atoms with Crippen molar-refractivity contribution in [3.8, 4) is 0 Å². The van der Waals surface area contributed by atoms with Crippen LogP contribution >= 0.6 is 0 Å². The molecule has 0 spiro atoms. The first-order valence-electron chi connectivity index (χ1n) is 11.2. The minimum Gasteiger partial charge on any atom is -0.347 e. The second-order valence-electron chi connectivity index (χ2n) is 9.89. The van der Waals surface area contributed by atoms with Gasteiger partial charge in [-0.3, -0.25) is 19.3 Å². The van der Waals surface area contributed by atoms with Gasteiger partial charge in [0.25, 0.3) is 0 Å². The number of nitrogens with zero attached hydrogens (tertiary/aromatic N) is 1. The molecule has 1 heterocycles. The fourth-order valence-electron chi connectivity index (χ4n) is 5.45. The number of nitrogens with one attached hydrogen (secondary N) is 1. The molecule has 4 rings (SSSR count). The number of hydrogen-bond donors (Lipinski definition) is 1. The standard InChI is InChI=1S/C25H32N2O3/c1-14(2)11-16-5-7-17(8-6-16)23(15(3)4)26-20(28)13-27-24(29)21-18-9-10-19(12-18)22(21)25(27)30/h5-10,14-15,18-19,21-23H,11-13H2,1-4H3,(H,26,28). The van der Waals surface area contributed by atoms with Crippen LogP contribution in [0, 0.1) is 35.5 Å². The van der Waals surface area contributed by atoms with E-state index in [1.165, 1.54) is 10.5 Å². The van der Waals surface area contributed by atoms with Crippen molar-refractivity contribution in [3.05, 3.63) is 47.5 Å². The van der Waals surface area contributed by atoms with E-state index >= 15 is 0 Å². The molecule has 2 fully saturated rings. The molecule has 2 aliphatic carbocycles. The third-order valence-electron chi connectivity index (χ3n) is 6.83. The summed E-state index contributed by atoms with van der Waals surface area (Å²) in [7, 11) is 0. The summed E-state index contributed by atoms with van der Waals surface area (Å²) in [4.78, 5) is 39.7. The van der Waals surface area contributed by atoms with Crippen molar-refractivity contribution in [2.45, 2.75) is 46.6 Å². The van der Waals surface area contributed by atoms with E-state index in [0.717, 1.165) is 18.4 Å². The van der Waals surface area contributed by atoms with Gasteiger partial charge in [0, 0.05) is 0 Å². The summed E-state index contributed by atoms with van der Waals surface area (Å²) in [5, 5.41) is 3.06. The zero-order valence-corrected chi connectivity index (χ0v) is 18.3. The molecule has 3 aliphatic rings. The van der Waals surface area contributed by atoms with Crippen LogP contribution in [0.4, 0.5) is 0 Å². The topological polar surface area (TPSA) is 66.5 Å².